The molecule has 0 aromatic rings. The van der Waals surface area contributed by atoms with Gasteiger partial charge in [0.15, 0.2) is 0 Å². The van der Waals surface area contributed by atoms with Crippen LogP contribution in [0.2, 0.25) is 0 Å². The fourth-order valence-electron chi connectivity index (χ4n) is 2.59. The average Bonchev–Trinajstić information content (AvgIpc) is 2.31. The number of likely N-dealkylation sites (tertiary alicyclic amines) is 1. The fraction of sp³-hybridized carbons (Fsp3) is 1.00. The minimum atomic E-state index is 0.489. The molecule has 2 heteroatoms. The maximum atomic E-state index is 5.91. The van der Waals surface area contributed by atoms with Crippen molar-refractivity contribution in [2.24, 2.45) is 17.6 Å². The molecule has 1 saturated carbocycles. The number of nitrogens with zero attached hydrogens (tertiary/aromatic N) is 1. The van der Waals surface area contributed by atoms with Crippen LogP contribution in [0, 0.1) is 11.8 Å². The third-order valence-corrected chi connectivity index (χ3v) is 3.84. The van der Waals surface area contributed by atoms with Crippen LogP contribution in [-0.2, 0) is 0 Å². The molecule has 1 aliphatic heterocycles. The minimum absolute atomic E-state index is 0.489. The van der Waals surface area contributed by atoms with E-state index in [-0.39, 0.29) is 0 Å². The van der Waals surface area contributed by atoms with Gasteiger partial charge in [-0.2, -0.15) is 0 Å². The molecule has 1 aliphatic carbocycles. The molecule has 0 aromatic carbocycles. The van der Waals surface area contributed by atoms with Crippen molar-refractivity contribution in [2.75, 3.05) is 13.1 Å². The molecule has 0 spiro atoms. The second-order valence-electron chi connectivity index (χ2n) is 5.18. The van der Waals surface area contributed by atoms with Crippen LogP contribution in [-0.4, -0.2) is 30.1 Å². The average molecular weight is 182 g/mol. The van der Waals surface area contributed by atoms with E-state index in [2.05, 4.69) is 18.7 Å². The van der Waals surface area contributed by atoms with Crippen molar-refractivity contribution in [1.82, 2.24) is 4.90 Å². The Morgan fingerprint density at radius 1 is 1.23 bits per heavy atom. The van der Waals surface area contributed by atoms with Crippen LogP contribution in [0.25, 0.3) is 0 Å². The summed E-state index contributed by atoms with van der Waals surface area (Å²) in [5.74, 6) is 1.82. The Labute approximate surface area is 81.5 Å². The van der Waals surface area contributed by atoms with Crippen molar-refractivity contribution in [3.8, 4) is 0 Å². The summed E-state index contributed by atoms with van der Waals surface area (Å²) in [6.07, 6.45) is 3.82. The molecule has 2 unspecified atom stereocenters. The molecule has 0 amide bonds. The zero-order valence-electron chi connectivity index (χ0n) is 8.87. The lowest BCUT2D eigenvalue weighted by molar-refractivity contribution is 0.0297. The maximum Gasteiger partial charge on any atom is 0.0111 e. The Kier molecular flexibility index (Phi) is 2.61. The van der Waals surface area contributed by atoms with E-state index >= 15 is 0 Å². The van der Waals surface area contributed by atoms with Crippen LogP contribution in [0.5, 0.6) is 0 Å². The van der Waals surface area contributed by atoms with Gasteiger partial charge in [-0.25, -0.2) is 0 Å². The zero-order chi connectivity index (χ0) is 9.42. The van der Waals surface area contributed by atoms with Gasteiger partial charge < -0.3 is 5.73 Å². The number of hydrogen-bond donors (Lipinski definition) is 1. The summed E-state index contributed by atoms with van der Waals surface area (Å²) in [6, 6.07) is 1.31. The Morgan fingerprint density at radius 3 is 2.38 bits per heavy atom. The fourth-order valence-corrected chi connectivity index (χ4v) is 2.59. The first-order valence-corrected chi connectivity index (χ1v) is 5.66. The maximum absolute atomic E-state index is 5.91. The number of hydrogen-bond acceptors (Lipinski definition) is 2. The lowest BCUT2D eigenvalue weighted by Gasteiger charge is -2.45. The topological polar surface area (TPSA) is 29.3 Å². The standard InChI is InChI=1S/C11H22N2/c1-8(2)9-6-13(7-9)11-4-3-10(12)5-11/h8-11H,3-7,12H2,1-2H3. The van der Waals surface area contributed by atoms with Gasteiger partial charge in [0.2, 0.25) is 0 Å². The van der Waals surface area contributed by atoms with Gasteiger partial charge in [-0.3, -0.25) is 4.90 Å². The highest BCUT2D eigenvalue weighted by Gasteiger charge is 2.36. The van der Waals surface area contributed by atoms with Crippen molar-refractivity contribution in [1.29, 1.82) is 0 Å². The van der Waals surface area contributed by atoms with Gasteiger partial charge in [0.25, 0.3) is 0 Å². The van der Waals surface area contributed by atoms with E-state index in [0.717, 1.165) is 17.9 Å². The number of nitrogens with two attached hydrogens (primary N) is 1. The van der Waals surface area contributed by atoms with Gasteiger partial charge in [-0.15, -0.1) is 0 Å². The molecular weight excluding hydrogens is 160 g/mol. The molecule has 2 nitrogen and oxygen atoms in total. The molecule has 76 valence electrons. The molecule has 0 aromatic heterocycles. The summed E-state index contributed by atoms with van der Waals surface area (Å²) >= 11 is 0. The summed E-state index contributed by atoms with van der Waals surface area (Å²) in [5, 5.41) is 0. The molecule has 2 aliphatic rings. The van der Waals surface area contributed by atoms with E-state index in [4.69, 9.17) is 5.73 Å². The van der Waals surface area contributed by atoms with Crippen molar-refractivity contribution < 1.29 is 0 Å². The predicted molar refractivity (Wildman–Crippen MR) is 55.5 cm³/mol. The summed E-state index contributed by atoms with van der Waals surface area (Å²) in [5.41, 5.74) is 5.91. The van der Waals surface area contributed by atoms with Crippen molar-refractivity contribution >= 4 is 0 Å². The largest absolute Gasteiger partial charge is 0.328 e. The summed E-state index contributed by atoms with van der Waals surface area (Å²) in [6.45, 7) is 7.33. The highest BCUT2D eigenvalue weighted by Crippen LogP contribution is 2.31. The zero-order valence-corrected chi connectivity index (χ0v) is 8.87. The summed E-state index contributed by atoms with van der Waals surface area (Å²) < 4.78 is 0. The van der Waals surface area contributed by atoms with Gasteiger partial charge in [0.05, 0.1) is 0 Å². The Balaban J connectivity index is 1.74. The molecule has 1 heterocycles. The van der Waals surface area contributed by atoms with E-state index in [0.29, 0.717) is 6.04 Å². The molecule has 2 rings (SSSR count). The molecule has 2 atom stereocenters. The lowest BCUT2D eigenvalue weighted by atomic mass is 9.87. The highest BCUT2D eigenvalue weighted by molar-refractivity contribution is 4.92. The van der Waals surface area contributed by atoms with Gasteiger partial charge >= 0.3 is 0 Å². The first kappa shape index (κ1) is 9.47. The summed E-state index contributed by atoms with van der Waals surface area (Å²) in [4.78, 5) is 2.64. The molecule has 2 N–H and O–H groups in total. The third-order valence-electron chi connectivity index (χ3n) is 3.84. The van der Waals surface area contributed by atoms with Crippen LogP contribution >= 0.6 is 0 Å². The molecule has 1 saturated heterocycles. The van der Waals surface area contributed by atoms with Crippen molar-refractivity contribution in [3.05, 3.63) is 0 Å². The first-order valence-electron chi connectivity index (χ1n) is 5.66. The summed E-state index contributed by atoms with van der Waals surface area (Å²) in [7, 11) is 0. The monoisotopic (exact) mass is 182 g/mol. The van der Waals surface area contributed by atoms with E-state index in [9.17, 15) is 0 Å². The molecule has 0 radical (unpaired) electrons. The van der Waals surface area contributed by atoms with Gasteiger partial charge in [0, 0.05) is 25.2 Å². The second-order valence-corrected chi connectivity index (χ2v) is 5.18. The van der Waals surface area contributed by atoms with E-state index in [1.165, 1.54) is 32.4 Å². The van der Waals surface area contributed by atoms with Crippen molar-refractivity contribution in [3.63, 3.8) is 0 Å². The lowest BCUT2D eigenvalue weighted by Crippen LogP contribution is -2.53. The van der Waals surface area contributed by atoms with Gasteiger partial charge in [-0.05, 0) is 31.1 Å². The molecule has 13 heavy (non-hydrogen) atoms. The van der Waals surface area contributed by atoms with Crippen molar-refractivity contribution in [2.45, 2.75) is 45.2 Å². The second kappa shape index (κ2) is 3.58. The smallest absolute Gasteiger partial charge is 0.0111 e. The van der Waals surface area contributed by atoms with E-state index in [1.54, 1.807) is 0 Å². The highest BCUT2D eigenvalue weighted by atomic mass is 15.2. The quantitative estimate of drug-likeness (QED) is 0.700. The number of rotatable bonds is 2. The van der Waals surface area contributed by atoms with Crippen LogP contribution in [0.15, 0.2) is 0 Å². The normalized spacial score (nSPS) is 36.9. The van der Waals surface area contributed by atoms with E-state index < -0.39 is 0 Å². The first-order chi connectivity index (χ1) is 6.16. The Bertz CT molecular complexity index is 173. The van der Waals surface area contributed by atoms with Crippen LogP contribution in [0.1, 0.15) is 33.1 Å². The third kappa shape index (κ3) is 1.89. The van der Waals surface area contributed by atoms with Crippen LogP contribution in [0.4, 0.5) is 0 Å². The SMILES string of the molecule is CC(C)C1CN(C2CCC(N)C2)C1. The van der Waals surface area contributed by atoms with Crippen LogP contribution in [0.3, 0.4) is 0 Å². The molecular formula is C11H22N2. The Morgan fingerprint density at radius 2 is 1.92 bits per heavy atom. The molecule has 0 bridgehead atoms. The van der Waals surface area contributed by atoms with Gasteiger partial charge in [0.1, 0.15) is 0 Å². The molecule has 2 fully saturated rings. The van der Waals surface area contributed by atoms with Crippen LogP contribution < -0.4 is 5.73 Å². The predicted octanol–water partition coefficient (Wildman–Crippen LogP) is 1.45. The van der Waals surface area contributed by atoms with Gasteiger partial charge in [-0.1, -0.05) is 13.8 Å². The minimum Gasteiger partial charge on any atom is -0.328 e. The van der Waals surface area contributed by atoms with E-state index in [1.807, 2.05) is 0 Å². The Hall–Kier alpha value is -0.0800.